The number of hydrogen-bond donors (Lipinski definition) is 3. The van der Waals surface area contributed by atoms with Gasteiger partial charge in [-0.2, -0.15) is 5.26 Å². The molecule has 0 saturated carbocycles. The van der Waals surface area contributed by atoms with Gasteiger partial charge >= 0.3 is 0 Å². The molecule has 0 heterocycles. The predicted octanol–water partition coefficient (Wildman–Crippen LogP) is 5.37. The topological polar surface area (TPSA) is 102 Å². The molecule has 0 aliphatic carbocycles. The molecule has 194 valence electrons. The smallest absolute Gasteiger partial charge is 0.224 e. The lowest BCUT2D eigenvalue weighted by molar-refractivity contribution is -0.121. The van der Waals surface area contributed by atoms with Gasteiger partial charge in [0.05, 0.1) is 35.5 Å². The summed E-state index contributed by atoms with van der Waals surface area (Å²) in [5, 5.41) is 25.0. The van der Waals surface area contributed by atoms with E-state index in [1.807, 2.05) is 57.2 Å². The first kappa shape index (κ1) is 29.5. The number of amides is 1. The summed E-state index contributed by atoms with van der Waals surface area (Å²) in [7, 11) is 0. The van der Waals surface area contributed by atoms with Crippen LogP contribution in [0.4, 0.5) is 0 Å². The lowest BCUT2D eigenvalue weighted by Crippen LogP contribution is -2.44. The highest BCUT2D eigenvalue weighted by Crippen LogP contribution is 2.17. The molecule has 6 nitrogen and oxygen atoms in total. The van der Waals surface area contributed by atoms with Crippen molar-refractivity contribution in [3.8, 4) is 6.07 Å². The number of nitrogens with one attached hydrogen (secondary N) is 2. The molecule has 2 aromatic carbocycles. The summed E-state index contributed by atoms with van der Waals surface area (Å²) in [4.78, 5) is 25.9. The monoisotopic (exact) mass is 517 g/mol. The number of carbonyl (C=O) groups excluding carboxylic acids is 2. The first-order chi connectivity index (χ1) is 17.6. The van der Waals surface area contributed by atoms with Gasteiger partial charge in [-0.1, -0.05) is 70.3 Å². The molecule has 2 rings (SSSR count). The van der Waals surface area contributed by atoms with E-state index in [0.717, 1.165) is 23.1 Å². The van der Waals surface area contributed by atoms with Crippen molar-refractivity contribution in [2.45, 2.75) is 45.4 Å². The number of thioether (sulfide) groups is 1. The second kappa shape index (κ2) is 14.7. The van der Waals surface area contributed by atoms with E-state index >= 15 is 0 Å². The summed E-state index contributed by atoms with van der Waals surface area (Å²) in [6.07, 6.45) is 2.15. The van der Waals surface area contributed by atoms with Crippen LogP contribution in [0.1, 0.15) is 43.0 Å². The summed E-state index contributed by atoms with van der Waals surface area (Å²) < 4.78 is 0. The SMILES string of the molecule is C=C(O)/C=C(/NC(=C)[C@@H](NC(=O)Cc1cc(C#N)ccc1CC)C(C)C)C(=O)CSCc1ccccc1. The molecule has 0 aliphatic heterocycles. The highest BCUT2D eigenvalue weighted by Gasteiger charge is 2.22. The largest absolute Gasteiger partial charge is 0.509 e. The molecule has 7 heteroatoms. The lowest BCUT2D eigenvalue weighted by atomic mass is 9.97. The summed E-state index contributed by atoms with van der Waals surface area (Å²) >= 11 is 1.47. The van der Waals surface area contributed by atoms with Crippen molar-refractivity contribution in [1.29, 1.82) is 5.26 Å². The van der Waals surface area contributed by atoms with Crippen molar-refractivity contribution in [1.82, 2.24) is 10.6 Å². The molecule has 0 aromatic heterocycles. The fourth-order valence-electron chi connectivity index (χ4n) is 3.78. The molecule has 0 spiro atoms. The number of nitriles is 1. The fourth-order valence-corrected chi connectivity index (χ4v) is 4.65. The van der Waals surface area contributed by atoms with Gasteiger partial charge in [-0.15, -0.1) is 11.8 Å². The minimum Gasteiger partial charge on any atom is -0.509 e. The van der Waals surface area contributed by atoms with Crippen LogP contribution in [0.25, 0.3) is 0 Å². The molecule has 1 amide bonds. The number of aliphatic hydroxyl groups excluding tert-OH is 1. The van der Waals surface area contributed by atoms with Crippen LogP contribution in [0.3, 0.4) is 0 Å². The maximum Gasteiger partial charge on any atom is 0.224 e. The molecular weight excluding hydrogens is 482 g/mol. The zero-order valence-electron chi connectivity index (χ0n) is 21.7. The van der Waals surface area contributed by atoms with E-state index in [4.69, 9.17) is 0 Å². The van der Waals surface area contributed by atoms with Gasteiger partial charge in [0.15, 0.2) is 5.78 Å². The number of benzene rings is 2. The van der Waals surface area contributed by atoms with Crippen molar-refractivity contribution in [2.75, 3.05) is 5.75 Å². The maximum absolute atomic E-state index is 13.0. The number of rotatable bonds is 14. The molecule has 1 atom stereocenters. The Morgan fingerprint density at radius 2 is 1.84 bits per heavy atom. The minimum absolute atomic E-state index is 0.0267. The highest BCUT2D eigenvalue weighted by atomic mass is 32.2. The van der Waals surface area contributed by atoms with E-state index in [1.165, 1.54) is 17.8 Å². The van der Waals surface area contributed by atoms with E-state index in [9.17, 15) is 20.0 Å². The van der Waals surface area contributed by atoms with E-state index in [0.29, 0.717) is 17.0 Å². The first-order valence-corrected chi connectivity index (χ1v) is 13.3. The average molecular weight is 518 g/mol. The second-order valence-corrected chi connectivity index (χ2v) is 10.0. The molecule has 0 unspecified atom stereocenters. The molecule has 37 heavy (non-hydrogen) atoms. The standard InChI is InChI=1S/C30H35N3O3S/c1-6-25-13-12-24(17-31)15-26(25)16-29(36)33-30(20(2)3)22(5)32-27(14-21(4)34)28(35)19-37-18-23-10-8-7-9-11-23/h7-15,20,30,32,34H,4-6,16,18-19H2,1-3H3,(H,33,36)/b27-14+/t30-/m0/s1. The lowest BCUT2D eigenvalue weighted by Gasteiger charge is -2.26. The van der Waals surface area contributed by atoms with Crippen LogP contribution in [0.2, 0.25) is 0 Å². The molecule has 0 aliphatic rings. The molecule has 0 radical (unpaired) electrons. The Bertz CT molecular complexity index is 1200. The first-order valence-electron chi connectivity index (χ1n) is 12.2. The summed E-state index contributed by atoms with van der Waals surface area (Å²) in [6, 6.07) is 16.9. The Kier molecular flexibility index (Phi) is 11.7. The number of ketones is 1. The van der Waals surface area contributed by atoms with Gasteiger partial charge < -0.3 is 15.7 Å². The van der Waals surface area contributed by atoms with Gasteiger partial charge in [0, 0.05) is 17.5 Å². The Hall–Kier alpha value is -3.76. The van der Waals surface area contributed by atoms with E-state index in [2.05, 4.69) is 29.9 Å². The normalized spacial score (nSPS) is 11.9. The van der Waals surface area contributed by atoms with Crippen molar-refractivity contribution < 1.29 is 14.7 Å². The average Bonchev–Trinajstić information content (AvgIpc) is 2.86. The quantitative estimate of drug-likeness (QED) is 0.177. The van der Waals surface area contributed by atoms with Crippen LogP contribution in [0.15, 0.2) is 84.9 Å². The van der Waals surface area contributed by atoms with E-state index in [1.54, 1.807) is 12.1 Å². The summed E-state index contributed by atoms with van der Waals surface area (Å²) in [5.41, 5.74) is 4.03. The van der Waals surface area contributed by atoms with E-state index < -0.39 is 6.04 Å². The third-order valence-electron chi connectivity index (χ3n) is 5.68. The molecular formula is C30H35N3O3S. The van der Waals surface area contributed by atoms with Crippen LogP contribution in [-0.2, 0) is 28.2 Å². The fraction of sp³-hybridized carbons (Fsp3) is 0.300. The van der Waals surface area contributed by atoms with Gasteiger partial charge in [-0.05, 0) is 41.2 Å². The van der Waals surface area contributed by atoms with Crippen molar-refractivity contribution in [3.05, 3.63) is 107 Å². The zero-order valence-corrected chi connectivity index (χ0v) is 22.5. The summed E-state index contributed by atoms with van der Waals surface area (Å²) in [6.45, 7) is 13.4. The van der Waals surface area contributed by atoms with Gasteiger partial charge in [-0.25, -0.2) is 0 Å². The minimum atomic E-state index is -0.475. The van der Waals surface area contributed by atoms with Crippen LogP contribution >= 0.6 is 11.8 Å². The van der Waals surface area contributed by atoms with Gasteiger partial charge in [0.2, 0.25) is 5.91 Å². The number of aliphatic hydroxyl groups is 1. The molecule has 0 fully saturated rings. The van der Waals surface area contributed by atoms with Gasteiger partial charge in [0.1, 0.15) is 5.76 Å². The third kappa shape index (κ3) is 9.66. The third-order valence-corrected chi connectivity index (χ3v) is 6.68. The van der Waals surface area contributed by atoms with Gasteiger partial charge in [-0.3, -0.25) is 9.59 Å². The van der Waals surface area contributed by atoms with Crippen molar-refractivity contribution in [3.63, 3.8) is 0 Å². The molecule has 2 aromatic rings. The van der Waals surface area contributed by atoms with Crippen LogP contribution in [-0.4, -0.2) is 28.6 Å². The number of nitrogens with zero attached hydrogens (tertiary/aromatic N) is 1. The highest BCUT2D eigenvalue weighted by molar-refractivity contribution is 7.99. The molecule has 0 saturated heterocycles. The van der Waals surface area contributed by atoms with Crippen LogP contribution < -0.4 is 10.6 Å². The maximum atomic E-state index is 13.0. The number of aryl methyl sites for hydroxylation is 1. The van der Waals surface area contributed by atoms with Gasteiger partial charge in [0.25, 0.3) is 0 Å². The molecule has 0 bridgehead atoms. The van der Waals surface area contributed by atoms with Crippen LogP contribution in [0.5, 0.6) is 0 Å². The number of Topliss-reactive ketones (excluding diaryl/α,β-unsaturated/α-hetero) is 1. The Balaban J connectivity index is 2.08. The zero-order chi connectivity index (χ0) is 27.4. The van der Waals surface area contributed by atoms with E-state index in [-0.39, 0.29) is 41.2 Å². The van der Waals surface area contributed by atoms with Crippen molar-refractivity contribution in [2.24, 2.45) is 5.92 Å². The van der Waals surface area contributed by atoms with Crippen LogP contribution in [0, 0.1) is 17.2 Å². The number of hydrogen-bond acceptors (Lipinski definition) is 6. The predicted molar refractivity (Wildman–Crippen MR) is 151 cm³/mol. The summed E-state index contributed by atoms with van der Waals surface area (Å²) in [5.74, 6) is 0.160. The number of allylic oxidation sites excluding steroid dienone is 2. The second-order valence-electron chi connectivity index (χ2n) is 9.02. The Morgan fingerprint density at radius 1 is 1.14 bits per heavy atom. The van der Waals surface area contributed by atoms with Crippen molar-refractivity contribution >= 4 is 23.5 Å². The Morgan fingerprint density at radius 3 is 2.43 bits per heavy atom. The molecule has 3 N–H and O–H groups in total. The Labute approximate surface area is 224 Å². The number of carbonyl (C=O) groups is 2.